The summed E-state index contributed by atoms with van der Waals surface area (Å²) in [6, 6.07) is 15.6. The van der Waals surface area contributed by atoms with Gasteiger partial charge in [0.15, 0.2) is 0 Å². The van der Waals surface area contributed by atoms with E-state index in [9.17, 15) is 9.59 Å². The molecule has 6 heteroatoms. The highest BCUT2D eigenvalue weighted by atomic mass is 16.2. The number of benzene rings is 2. The first-order valence-electron chi connectivity index (χ1n) is 6.88. The maximum Gasteiger partial charge on any atom is 0.319 e. The molecule has 1 heterocycles. The fourth-order valence-corrected chi connectivity index (χ4v) is 2.26. The zero-order valence-electron chi connectivity index (χ0n) is 11.7. The van der Waals surface area contributed by atoms with E-state index in [0.717, 1.165) is 5.56 Å². The number of amides is 3. The molecule has 1 atom stereocenters. The molecule has 0 saturated heterocycles. The molecule has 0 bridgehead atoms. The molecule has 0 aromatic heterocycles. The molecule has 2 aromatic rings. The minimum absolute atomic E-state index is 0.270. The van der Waals surface area contributed by atoms with Crippen LogP contribution in [0.25, 0.3) is 0 Å². The number of anilines is 1. The Kier molecular flexibility index (Phi) is 3.91. The van der Waals surface area contributed by atoms with Crippen molar-refractivity contribution in [2.24, 2.45) is 10.2 Å². The highest BCUT2D eigenvalue weighted by molar-refractivity contribution is 5.97. The number of rotatable bonds is 3. The van der Waals surface area contributed by atoms with Crippen LogP contribution in [0.4, 0.5) is 10.5 Å². The quantitative estimate of drug-likeness (QED) is 0.911. The maximum atomic E-state index is 11.9. The zero-order valence-corrected chi connectivity index (χ0v) is 11.7. The molecule has 1 aliphatic rings. The first-order chi connectivity index (χ1) is 10.7. The fraction of sp³-hybridized carbons (Fsp3) is 0.125. The van der Waals surface area contributed by atoms with E-state index in [4.69, 9.17) is 0 Å². The van der Waals surface area contributed by atoms with E-state index in [1.54, 1.807) is 24.3 Å². The van der Waals surface area contributed by atoms with Crippen molar-refractivity contribution in [3.63, 3.8) is 0 Å². The van der Waals surface area contributed by atoms with Gasteiger partial charge < -0.3 is 10.6 Å². The summed E-state index contributed by atoms with van der Waals surface area (Å²) in [5, 5.41) is 13.1. The number of nitrogens with one attached hydrogen (secondary N) is 2. The fourth-order valence-electron chi connectivity index (χ4n) is 2.26. The van der Waals surface area contributed by atoms with Gasteiger partial charge in [0.25, 0.3) is 5.91 Å². The minimum atomic E-state index is -0.351. The van der Waals surface area contributed by atoms with Crippen molar-refractivity contribution in [2.75, 3.05) is 11.9 Å². The number of azo groups is 1. The standard InChI is InChI=1S/C16H14N4O2/c21-15-13-9-5-4-8-12(13)14(19-20-15)10-17-16(22)18-11-6-2-1-3-7-11/h1-9,14H,10H2,(H2,17,18,22). The van der Waals surface area contributed by atoms with Gasteiger partial charge in [0, 0.05) is 17.8 Å². The third-order valence-electron chi connectivity index (χ3n) is 3.33. The second-order valence-electron chi connectivity index (χ2n) is 4.82. The van der Waals surface area contributed by atoms with Gasteiger partial charge in [0.2, 0.25) is 0 Å². The molecule has 6 nitrogen and oxygen atoms in total. The first kappa shape index (κ1) is 13.9. The van der Waals surface area contributed by atoms with E-state index in [-0.39, 0.29) is 24.5 Å². The van der Waals surface area contributed by atoms with Gasteiger partial charge in [-0.1, -0.05) is 36.4 Å². The molecule has 2 N–H and O–H groups in total. The summed E-state index contributed by atoms with van der Waals surface area (Å²) in [6.07, 6.45) is 0. The maximum absolute atomic E-state index is 11.9. The monoisotopic (exact) mass is 294 g/mol. The van der Waals surface area contributed by atoms with Crippen LogP contribution in [0.3, 0.4) is 0 Å². The molecule has 0 aliphatic carbocycles. The molecule has 1 aliphatic heterocycles. The normalized spacial score (nSPS) is 16.0. The van der Waals surface area contributed by atoms with Gasteiger partial charge in [-0.25, -0.2) is 4.79 Å². The molecular weight excluding hydrogens is 280 g/mol. The van der Waals surface area contributed by atoms with Crippen molar-refractivity contribution in [2.45, 2.75) is 6.04 Å². The van der Waals surface area contributed by atoms with Crippen molar-refractivity contribution in [1.29, 1.82) is 0 Å². The molecule has 0 fully saturated rings. The van der Waals surface area contributed by atoms with Crippen LogP contribution in [-0.4, -0.2) is 18.5 Å². The summed E-state index contributed by atoms with van der Waals surface area (Å²) in [5.74, 6) is -0.347. The van der Waals surface area contributed by atoms with E-state index in [1.165, 1.54) is 0 Å². The van der Waals surface area contributed by atoms with Crippen LogP contribution in [0.2, 0.25) is 0 Å². The van der Waals surface area contributed by atoms with Gasteiger partial charge in [-0.15, -0.1) is 5.11 Å². The third-order valence-corrected chi connectivity index (χ3v) is 3.33. The van der Waals surface area contributed by atoms with Crippen molar-refractivity contribution < 1.29 is 9.59 Å². The van der Waals surface area contributed by atoms with E-state index in [0.29, 0.717) is 11.3 Å². The number of fused-ring (bicyclic) bond motifs is 1. The van der Waals surface area contributed by atoms with Crippen LogP contribution in [0, 0.1) is 0 Å². The summed E-state index contributed by atoms with van der Waals surface area (Å²) >= 11 is 0. The van der Waals surface area contributed by atoms with Crippen molar-refractivity contribution in [3.8, 4) is 0 Å². The number of carbonyl (C=O) groups is 2. The SMILES string of the molecule is O=C(NCC1N=NC(=O)c2ccccc21)Nc1ccccc1. The molecule has 0 saturated carbocycles. The van der Waals surface area contributed by atoms with Gasteiger partial charge in [-0.2, -0.15) is 5.11 Å². The summed E-state index contributed by atoms with van der Waals surface area (Å²) in [6.45, 7) is 0.270. The molecule has 1 unspecified atom stereocenters. The molecule has 0 radical (unpaired) electrons. The average Bonchev–Trinajstić information content (AvgIpc) is 2.55. The van der Waals surface area contributed by atoms with Crippen molar-refractivity contribution in [1.82, 2.24) is 5.32 Å². The van der Waals surface area contributed by atoms with E-state index in [2.05, 4.69) is 20.9 Å². The molecule has 0 spiro atoms. The number of nitrogens with zero attached hydrogens (tertiary/aromatic N) is 2. The Morgan fingerprint density at radius 3 is 2.59 bits per heavy atom. The zero-order chi connectivity index (χ0) is 15.4. The van der Waals surface area contributed by atoms with Crippen LogP contribution in [0.15, 0.2) is 64.8 Å². The number of urea groups is 1. The van der Waals surface area contributed by atoms with Gasteiger partial charge in [-0.05, 0) is 23.8 Å². The lowest BCUT2D eigenvalue weighted by molar-refractivity contribution is 0.0985. The summed E-state index contributed by atoms with van der Waals surface area (Å²) in [4.78, 5) is 23.5. The average molecular weight is 294 g/mol. The van der Waals surface area contributed by atoms with Crippen LogP contribution in [0.1, 0.15) is 22.0 Å². The van der Waals surface area contributed by atoms with Gasteiger partial charge in [0.1, 0.15) is 6.04 Å². The summed E-state index contributed by atoms with van der Waals surface area (Å²) < 4.78 is 0. The predicted molar refractivity (Wildman–Crippen MR) is 81.8 cm³/mol. The van der Waals surface area contributed by atoms with E-state index < -0.39 is 0 Å². The molecule has 2 aromatic carbocycles. The second kappa shape index (κ2) is 6.17. The Balaban J connectivity index is 1.63. The highest BCUT2D eigenvalue weighted by Gasteiger charge is 2.23. The van der Waals surface area contributed by atoms with Crippen LogP contribution in [0.5, 0.6) is 0 Å². The topological polar surface area (TPSA) is 82.9 Å². The van der Waals surface area contributed by atoms with Gasteiger partial charge in [-0.3, -0.25) is 4.79 Å². The Hall–Kier alpha value is -3.02. The van der Waals surface area contributed by atoms with Gasteiger partial charge >= 0.3 is 6.03 Å². The molecular formula is C16H14N4O2. The number of hydrogen-bond donors (Lipinski definition) is 2. The molecule has 110 valence electrons. The van der Waals surface area contributed by atoms with Crippen LogP contribution < -0.4 is 10.6 Å². The van der Waals surface area contributed by atoms with Crippen LogP contribution in [-0.2, 0) is 0 Å². The molecule has 3 rings (SSSR count). The Labute approximate surface area is 127 Å². The van der Waals surface area contributed by atoms with E-state index in [1.807, 2.05) is 30.3 Å². The molecule has 22 heavy (non-hydrogen) atoms. The van der Waals surface area contributed by atoms with Crippen LogP contribution >= 0.6 is 0 Å². The smallest absolute Gasteiger partial charge is 0.319 e. The highest BCUT2D eigenvalue weighted by Crippen LogP contribution is 2.26. The Morgan fingerprint density at radius 2 is 1.77 bits per heavy atom. The minimum Gasteiger partial charge on any atom is -0.335 e. The summed E-state index contributed by atoms with van der Waals surface area (Å²) in [7, 11) is 0. The second-order valence-corrected chi connectivity index (χ2v) is 4.82. The lowest BCUT2D eigenvalue weighted by Crippen LogP contribution is -2.32. The number of carbonyl (C=O) groups excluding carboxylic acids is 2. The van der Waals surface area contributed by atoms with E-state index >= 15 is 0 Å². The third kappa shape index (κ3) is 3.01. The van der Waals surface area contributed by atoms with Crippen molar-refractivity contribution in [3.05, 3.63) is 65.7 Å². The first-order valence-corrected chi connectivity index (χ1v) is 6.88. The lowest BCUT2D eigenvalue weighted by Gasteiger charge is -2.18. The Bertz CT molecular complexity index is 728. The number of hydrogen-bond acceptors (Lipinski definition) is 3. The molecule has 3 amide bonds. The summed E-state index contributed by atoms with van der Waals surface area (Å²) in [5.41, 5.74) is 2.02. The lowest BCUT2D eigenvalue weighted by atomic mass is 9.99. The van der Waals surface area contributed by atoms with Crippen molar-refractivity contribution >= 4 is 17.6 Å². The predicted octanol–water partition coefficient (Wildman–Crippen LogP) is 3.16. The van der Waals surface area contributed by atoms with Gasteiger partial charge in [0.05, 0.1) is 0 Å². The number of para-hydroxylation sites is 1. The Morgan fingerprint density at radius 1 is 1.05 bits per heavy atom. The largest absolute Gasteiger partial charge is 0.335 e.